The Labute approximate surface area is 98.3 Å². The van der Waals surface area contributed by atoms with Crippen molar-refractivity contribution in [1.82, 2.24) is 0 Å². The summed E-state index contributed by atoms with van der Waals surface area (Å²) in [5.41, 5.74) is 0.619. The Hall–Kier alpha value is -2.30. The van der Waals surface area contributed by atoms with E-state index in [4.69, 9.17) is 9.84 Å². The number of carbonyl (C=O) groups is 2. The fourth-order valence-electron chi connectivity index (χ4n) is 1.23. The van der Waals surface area contributed by atoms with Crippen LogP contribution in [0.3, 0.4) is 0 Å². The smallest absolute Gasteiger partial charge is 0.339 e. The molecule has 0 heterocycles. The van der Waals surface area contributed by atoms with E-state index in [1.165, 1.54) is 38.5 Å². The highest BCUT2D eigenvalue weighted by Gasteiger charge is 2.10. The van der Waals surface area contributed by atoms with Crippen molar-refractivity contribution in [3.05, 3.63) is 35.4 Å². The summed E-state index contributed by atoms with van der Waals surface area (Å²) >= 11 is 0. The summed E-state index contributed by atoms with van der Waals surface area (Å²) in [4.78, 5) is 21.8. The second-order valence-corrected chi connectivity index (χ2v) is 3.12. The van der Waals surface area contributed by atoms with Crippen molar-refractivity contribution in [2.45, 2.75) is 0 Å². The minimum atomic E-state index is -1.09. The van der Waals surface area contributed by atoms with Gasteiger partial charge in [-0.15, -0.1) is 0 Å². The van der Waals surface area contributed by atoms with Gasteiger partial charge in [-0.1, -0.05) is 6.07 Å². The first kappa shape index (κ1) is 12.8. The highest BCUT2D eigenvalue weighted by atomic mass is 16.5. The number of benzene rings is 1. The molecule has 0 saturated heterocycles. The zero-order valence-corrected chi connectivity index (χ0v) is 9.47. The summed E-state index contributed by atoms with van der Waals surface area (Å²) in [6.07, 6.45) is 2.69. The number of carbonyl (C=O) groups excluding carboxylic acids is 1. The molecule has 0 atom stereocenters. The summed E-state index contributed by atoms with van der Waals surface area (Å²) in [6.45, 7) is 0. The van der Waals surface area contributed by atoms with Crippen molar-refractivity contribution in [3.63, 3.8) is 0 Å². The highest BCUT2D eigenvalue weighted by molar-refractivity contribution is 5.92. The quantitative estimate of drug-likeness (QED) is 0.634. The minimum absolute atomic E-state index is 0.0412. The molecule has 0 saturated carbocycles. The normalized spacial score (nSPS) is 10.2. The second-order valence-electron chi connectivity index (χ2n) is 3.12. The molecule has 5 heteroatoms. The number of hydrogen-bond donors (Lipinski definition) is 1. The predicted molar refractivity (Wildman–Crippen MR) is 61.0 cm³/mol. The van der Waals surface area contributed by atoms with Crippen molar-refractivity contribution in [3.8, 4) is 5.75 Å². The Morgan fingerprint density at radius 2 is 2.00 bits per heavy atom. The number of carboxylic acid groups (broad SMARTS) is 1. The van der Waals surface area contributed by atoms with E-state index in [0.29, 0.717) is 5.56 Å². The fourth-order valence-corrected chi connectivity index (χ4v) is 1.23. The molecule has 1 aromatic carbocycles. The molecule has 17 heavy (non-hydrogen) atoms. The lowest BCUT2D eigenvalue weighted by atomic mass is 10.1. The Morgan fingerprint density at radius 1 is 1.29 bits per heavy atom. The third-order valence-electron chi connectivity index (χ3n) is 2.07. The van der Waals surface area contributed by atoms with Crippen LogP contribution < -0.4 is 4.74 Å². The van der Waals surface area contributed by atoms with E-state index >= 15 is 0 Å². The van der Waals surface area contributed by atoms with Gasteiger partial charge in [-0.3, -0.25) is 0 Å². The van der Waals surface area contributed by atoms with Crippen LogP contribution in [0.4, 0.5) is 0 Å². The monoisotopic (exact) mass is 236 g/mol. The molecular weight excluding hydrogens is 224 g/mol. The molecule has 90 valence electrons. The van der Waals surface area contributed by atoms with Crippen molar-refractivity contribution in [1.29, 1.82) is 0 Å². The van der Waals surface area contributed by atoms with E-state index in [0.717, 1.165) is 0 Å². The molecule has 0 amide bonds. The van der Waals surface area contributed by atoms with Gasteiger partial charge in [0.2, 0.25) is 0 Å². The summed E-state index contributed by atoms with van der Waals surface area (Å²) < 4.78 is 9.34. The number of rotatable bonds is 4. The second kappa shape index (κ2) is 5.69. The Morgan fingerprint density at radius 3 is 2.53 bits per heavy atom. The fraction of sp³-hybridized carbons (Fsp3) is 0.167. The summed E-state index contributed by atoms with van der Waals surface area (Å²) in [6, 6.07) is 4.59. The van der Waals surface area contributed by atoms with Crippen LogP contribution in [0, 0.1) is 0 Å². The topological polar surface area (TPSA) is 72.8 Å². The molecule has 1 aromatic rings. The molecule has 1 rings (SSSR count). The average Bonchev–Trinajstić information content (AvgIpc) is 2.35. The zero-order valence-electron chi connectivity index (χ0n) is 9.47. The first-order chi connectivity index (χ1) is 8.08. The van der Waals surface area contributed by atoms with Crippen LogP contribution in [0.1, 0.15) is 15.9 Å². The van der Waals surface area contributed by atoms with E-state index in [1.54, 1.807) is 6.07 Å². The van der Waals surface area contributed by atoms with Crippen LogP contribution in [0.5, 0.6) is 5.75 Å². The van der Waals surface area contributed by atoms with Gasteiger partial charge in [0.1, 0.15) is 11.3 Å². The lowest BCUT2D eigenvalue weighted by Gasteiger charge is -2.05. The van der Waals surface area contributed by atoms with Crippen LogP contribution >= 0.6 is 0 Å². The van der Waals surface area contributed by atoms with Gasteiger partial charge in [0.25, 0.3) is 0 Å². The Bertz CT molecular complexity index is 462. The molecule has 0 unspecified atom stereocenters. The molecule has 0 fully saturated rings. The number of ether oxygens (including phenoxy) is 2. The Balaban J connectivity index is 3.04. The van der Waals surface area contributed by atoms with Gasteiger partial charge < -0.3 is 14.6 Å². The van der Waals surface area contributed by atoms with Gasteiger partial charge in [0.05, 0.1) is 14.2 Å². The van der Waals surface area contributed by atoms with Crippen LogP contribution in [0.2, 0.25) is 0 Å². The molecule has 1 N–H and O–H groups in total. The van der Waals surface area contributed by atoms with Crippen LogP contribution in [-0.2, 0) is 9.53 Å². The number of methoxy groups -OCH3 is 2. The Kier molecular flexibility index (Phi) is 4.28. The van der Waals surface area contributed by atoms with Crippen molar-refractivity contribution >= 4 is 18.0 Å². The third kappa shape index (κ3) is 3.34. The van der Waals surface area contributed by atoms with Gasteiger partial charge >= 0.3 is 11.9 Å². The average molecular weight is 236 g/mol. The van der Waals surface area contributed by atoms with Gasteiger partial charge in [0.15, 0.2) is 0 Å². The molecule has 0 bridgehead atoms. The molecule has 0 aliphatic heterocycles. The molecule has 0 aliphatic rings. The number of hydrogen-bond acceptors (Lipinski definition) is 4. The number of carboxylic acids is 1. The van der Waals surface area contributed by atoms with Gasteiger partial charge in [0, 0.05) is 6.08 Å². The summed E-state index contributed by atoms with van der Waals surface area (Å²) in [7, 11) is 2.66. The maximum absolute atomic E-state index is 10.9. The van der Waals surface area contributed by atoms with Gasteiger partial charge in [-0.05, 0) is 23.8 Å². The maximum Gasteiger partial charge on any atom is 0.339 e. The SMILES string of the molecule is COC(=O)C=Cc1ccc(OC)c(C(=O)O)c1. The summed E-state index contributed by atoms with van der Waals surface area (Å²) in [5.74, 6) is -1.32. The lowest BCUT2D eigenvalue weighted by Crippen LogP contribution is -2.00. The first-order valence-electron chi connectivity index (χ1n) is 4.76. The largest absolute Gasteiger partial charge is 0.496 e. The maximum atomic E-state index is 10.9. The van der Waals surface area contributed by atoms with Gasteiger partial charge in [-0.2, -0.15) is 0 Å². The van der Waals surface area contributed by atoms with Gasteiger partial charge in [-0.25, -0.2) is 9.59 Å². The molecule has 0 spiro atoms. The van der Waals surface area contributed by atoms with E-state index in [2.05, 4.69) is 4.74 Å². The third-order valence-corrected chi connectivity index (χ3v) is 2.07. The van der Waals surface area contributed by atoms with E-state index in [-0.39, 0.29) is 11.3 Å². The highest BCUT2D eigenvalue weighted by Crippen LogP contribution is 2.20. The zero-order chi connectivity index (χ0) is 12.8. The van der Waals surface area contributed by atoms with Crippen molar-refractivity contribution in [2.75, 3.05) is 14.2 Å². The van der Waals surface area contributed by atoms with Crippen LogP contribution in [-0.4, -0.2) is 31.3 Å². The minimum Gasteiger partial charge on any atom is -0.496 e. The standard InChI is InChI=1S/C12H12O5/c1-16-10-5-3-8(4-6-11(13)17-2)7-9(10)12(14)15/h3-7H,1-2H3,(H,14,15). The number of esters is 1. The predicted octanol–water partition coefficient (Wildman–Crippen LogP) is 1.58. The molecule has 0 aromatic heterocycles. The van der Waals surface area contributed by atoms with Crippen LogP contribution in [0.25, 0.3) is 6.08 Å². The summed E-state index contributed by atoms with van der Waals surface area (Å²) in [5, 5.41) is 8.95. The van der Waals surface area contributed by atoms with E-state index < -0.39 is 11.9 Å². The first-order valence-corrected chi connectivity index (χ1v) is 4.76. The molecule has 5 nitrogen and oxygen atoms in total. The van der Waals surface area contributed by atoms with Crippen molar-refractivity contribution in [2.24, 2.45) is 0 Å². The molecular formula is C12H12O5. The van der Waals surface area contributed by atoms with E-state index in [9.17, 15) is 9.59 Å². The van der Waals surface area contributed by atoms with Crippen molar-refractivity contribution < 1.29 is 24.2 Å². The lowest BCUT2D eigenvalue weighted by molar-refractivity contribution is -0.134. The molecule has 0 aliphatic carbocycles. The van der Waals surface area contributed by atoms with Crippen LogP contribution in [0.15, 0.2) is 24.3 Å². The number of aromatic carboxylic acids is 1. The van der Waals surface area contributed by atoms with E-state index in [1.807, 2.05) is 0 Å². The molecule has 0 radical (unpaired) electrons.